The summed E-state index contributed by atoms with van der Waals surface area (Å²) in [5.41, 5.74) is 1.02. The molecular formula is C18H25N3O4. The molecule has 1 aromatic rings. The van der Waals surface area contributed by atoms with Gasteiger partial charge < -0.3 is 19.5 Å². The van der Waals surface area contributed by atoms with E-state index in [1.165, 1.54) is 7.11 Å². The molecular weight excluding hydrogens is 322 g/mol. The molecule has 0 radical (unpaired) electrons. The van der Waals surface area contributed by atoms with E-state index >= 15 is 0 Å². The average Bonchev–Trinajstić information content (AvgIpc) is 2.59. The van der Waals surface area contributed by atoms with Gasteiger partial charge in [-0.3, -0.25) is 4.79 Å². The fraction of sp³-hybridized carbons (Fsp3) is 0.611. The number of hydrogen-bond acceptors (Lipinski definition) is 4. The van der Waals surface area contributed by atoms with Gasteiger partial charge in [0.05, 0.1) is 7.11 Å². The molecule has 2 aliphatic rings. The van der Waals surface area contributed by atoms with Crippen LogP contribution in [0.5, 0.6) is 0 Å². The largest absolute Gasteiger partial charge is 0.467 e. The molecule has 1 fully saturated rings. The summed E-state index contributed by atoms with van der Waals surface area (Å²) in [6, 6.07) is 4.42. The highest BCUT2D eigenvalue weighted by Gasteiger charge is 2.37. The maximum absolute atomic E-state index is 12.7. The smallest absolute Gasteiger partial charge is 0.328 e. The number of likely N-dealkylation sites (tertiary alicyclic amines) is 1. The first-order chi connectivity index (χ1) is 11.9. The number of rotatable bonds is 3. The van der Waals surface area contributed by atoms with Crippen LogP contribution in [0.15, 0.2) is 23.0 Å². The molecule has 2 amide bonds. The van der Waals surface area contributed by atoms with Gasteiger partial charge in [0.15, 0.2) is 0 Å². The van der Waals surface area contributed by atoms with Crippen molar-refractivity contribution in [3.8, 4) is 0 Å². The first kappa shape index (κ1) is 17.5. The Morgan fingerprint density at radius 2 is 2.00 bits per heavy atom. The Balaban J connectivity index is 1.75. The molecule has 2 bridgehead atoms. The van der Waals surface area contributed by atoms with Gasteiger partial charge in [0, 0.05) is 37.3 Å². The van der Waals surface area contributed by atoms with Crippen LogP contribution in [0.4, 0.5) is 4.79 Å². The minimum absolute atomic E-state index is 0.0238. The van der Waals surface area contributed by atoms with E-state index in [9.17, 15) is 14.4 Å². The highest BCUT2D eigenvalue weighted by molar-refractivity contribution is 5.83. The minimum Gasteiger partial charge on any atom is -0.467 e. The second-order valence-electron chi connectivity index (χ2n) is 7.30. The van der Waals surface area contributed by atoms with E-state index in [1.807, 2.05) is 24.5 Å². The molecule has 0 unspecified atom stereocenters. The Morgan fingerprint density at radius 3 is 2.68 bits per heavy atom. The third kappa shape index (κ3) is 3.41. The molecule has 3 atom stereocenters. The van der Waals surface area contributed by atoms with Crippen molar-refractivity contribution in [1.29, 1.82) is 0 Å². The summed E-state index contributed by atoms with van der Waals surface area (Å²) in [7, 11) is 1.32. The Hall–Kier alpha value is -2.31. The van der Waals surface area contributed by atoms with E-state index in [1.54, 1.807) is 17.0 Å². The third-order valence-electron chi connectivity index (χ3n) is 5.17. The molecule has 7 heteroatoms. The molecule has 25 heavy (non-hydrogen) atoms. The van der Waals surface area contributed by atoms with Gasteiger partial charge in [0.25, 0.3) is 5.56 Å². The van der Waals surface area contributed by atoms with Crippen molar-refractivity contribution in [3.63, 3.8) is 0 Å². The Bertz CT molecular complexity index is 727. The molecule has 2 aliphatic heterocycles. The summed E-state index contributed by atoms with van der Waals surface area (Å²) in [6.45, 7) is 5.53. The minimum atomic E-state index is -0.658. The van der Waals surface area contributed by atoms with Crippen molar-refractivity contribution >= 4 is 12.0 Å². The van der Waals surface area contributed by atoms with Crippen LogP contribution < -0.4 is 10.9 Å². The van der Waals surface area contributed by atoms with E-state index in [0.29, 0.717) is 19.6 Å². The molecule has 1 aromatic heterocycles. The lowest BCUT2D eigenvalue weighted by molar-refractivity contribution is -0.144. The second kappa shape index (κ2) is 6.90. The van der Waals surface area contributed by atoms with Gasteiger partial charge in [-0.05, 0) is 24.3 Å². The van der Waals surface area contributed by atoms with Crippen LogP contribution in [0.2, 0.25) is 0 Å². The number of piperidine rings is 1. The fourth-order valence-electron chi connectivity index (χ4n) is 3.91. The number of carbonyl (C=O) groups excluding carboxylic acids is 2. The van der Waals surface area contributed by atoms with Crippen LogP contribution in [-0.4, -0.2) is 47.7 Å². The molecule has 3 heterocycles. The Kier molecular flexibility index (Phi) is 4.83. The van der Waals surface area contributed by atoms with Crippen molar-refractivity contribution in [2.75, 3.05) is 20.2 Å². The Morgan fingerprint density at radius 1 is 1.24 bits per heavy atom. The predicted octanol–water partition coefficient (Wildman–Crippen LogP) is 1.17. The lowest BCUT2D eigenvalue weighted by Crippen LogP contribution is -2.55. The van der Waals surface area contributed by atoms with Gasteiger partial charge in [-0.15, -0.1) is 0 Å². The number of pyridine rings is 1. The maximum Gasteiger partial charge on any atom is 0.328 e. The van der Waals surface area contributed by atoms with Gasteiger partial charge in [-0.25, -0.2) is 9.59 Å². The average molecular weight is 347 g/mol. The first-order valence-electron chi connectivity index (χ1n) is 8.73. The number of esters is 1. The monoisotopic (exact) mass is 347 g/mol. The van der Waals surface area contributed by atoms with E-state index in [2.05, 4.69) is 5.32 Å². The lowest BCUT2D eigenvalue weighted by Gasteiger charge is -2.43. The highest BCUT2D eigenvalue weighted by atomic mass is 16.5. The summed E-state index contributed by atoms with van der Waals surface area (Å²) in [6.07, 6.45) is 0.984. The highest BCUT2D eigenvalue weighted by Crippen LogP contribution is 2.34. The quantitative estimate of drug-likeness (QED) is 0.833. The molecule has 0 spiro atoms. The van der Waals surface area contributed by atoms with Crippen molar-refractivity contribution in [1.82, 2.24) is 14.8 Å². The number of carbonyl (C=O) groups is 2. The van der Waals surface area contributed by atoms with Gasteiger partial charge in [-0.1, -0.05) is 19.9 Å². The number of nitrogens with zero attached hydrogens (tertiary/aromatic N) is 2. The standard InChI is InChI=1S/C18H25N3O4/c1-11(2)16(17(23)25-3)19-18(24)20-8-12-7-13(10-20)14-5-4-6-15(22)21(14)9-12/h4-6,11-13,16H,7-10H2,1-3H3,(H,19,24)/t12-,13-,16+/m1/s1. The van der Waals surface area contributed by atoms with Crippen LogP contribution in [0, 0.1) is 11.8 Å². The second-order valence-corrected chi connectivity index (χ2v) is 7.30. The number of urea groups is 1. The van der Waals surface area contributed by atoms with Crippen LogP contribution in [0.3, 0.4) is 0 Å². The zero-order valence-corrected chi connectivity index (χ0v) is 14.9. The molecule has 136 valence electrons. The number of aromatic nitrogens is 1. The maximum atomic E-state index is 12.7. The summed E-state index contributed by atoms with van der Waals surface area (Å²) in [4.78, 5) is 38.4. The van der Waals surface area contributed by atoms with Crippen LogP contribution in [0.1, 0.15) is 31.9 Å². The van der Waals surface area contributed by atoms with E-state index < -0.39 is 12.0 Å². The Labute approximate surface area is 147 Å². The SMILES string of the molecule is COC(=O)[C@@H](NC(=O)N1C[C@H]2C[C@H](C1)c1cccc(=O)n1C2)C(C)C. The molecule has 3 rings (SSSR count). The normalized spacial score (nSPS) is 23.0. The summed E-state index contributed by atoms with van der Waals surface area (Å²) < 4.78 is 6.62. The molecule has 1 saturated heterocycles. The van der Waals surface area contributed by atoms with Gasteiger partial charge in [0.2, 0.25) is 0 Å². The molecule has 0 saturated carbocycles. The van der Waals surface area contributed by atoms with Crippen LogP contribution in [-0.2, 0) is 16.1 Å². The van der Waals surface area contributed by atoms with Crippen molar-refractivity contribution in [2.45, 2.75) is 38.8 Å². The molecule has 0 aromatic carbocycles. The van der Waals surface area contributed by atoms with Crippen LogP contribution in [0.25, 0.3) is 0 Å². The van der Waals surface area contributed by atoms with E-state index in [-0.39, 0.29) is 29.3 Å². The fourth-order valence-corrected chi connectivity index (χ4v) is 3.91. The van der Waals surface area contributed by atoms with E-state index in [4.69, 9.17) is 4.74 Å². The number of amides is 2. The zero-order chi connectivity index (χ0) is 18.1. The number of hydrogen-bond donors (Lipinski definition) is 1. The van der Waals surface area contributed by atoms with E-state index in [0.717, 1.165) is 12.1 Å². The summed E-state index contributed by atoms with van der Waals surface area (Å²) >= 11 is 0. The zero-order valence-electron chi connectivity index (χ0n) is 14.9. The molecule has 1 N–H and O–H groups in total. The number of fused-ring (bicyclic) bond motifs is 4. The topological polar surface area (TPSA) is 80.6 Å². The van der Waals surface area contributed by atoms with Crippen molar-refractivity contribution in [3.05, 3.63) is 34.2 Å². The number of ether oxygens (including phenoxy) is 1. The molecule has 0 aliphatic carbocycles. The lowest BCUT2D eigenvalue weighted by atomic mass is 9.83. The number of nitrogens with one attached hydrogen (secondary N) is 1. The summed E-state index contributed by atoms with van der Waals surface area (Å²) in [5, 5.41) is 2.81. The first-order valence-corrected chi connectivity index (χ1v) is 8.73. The van der Waals surface area contributed by atoms with Gasteiger partial charge in [0.1, 0.15) is 6.04 Å². The predicted molar refractivity (Wildman–Crippen MR) is 92.3 cm³/mol. The molecule has 7 nitrogen and oxygen atoms in total. The van der Waals surface area contributed by atoms with Crippen LogP contribution >= 0.6 is 0 Å². The third-order valence-corrected chi connectivity index (χ3v) is 5.17. The number of methoxy groups -OCH3 is 1. The van der Waals surface area contributed by atoms with Crippen molar-refractivity contribution in [2.24, 2.45) is 11.8 Å². The van der Waals surface area contributed by atoms with Crippen molar-refractivity contribution < 1.29 is 14.3 Å². The van der Waals surface area contributed by atoms with Gasteiger partial charge in [-0.2, -0.15) is 0 Å². The summed E-state index contributed by atoms with van der Waals surface area (Å²) in [5.74, 6) is -0.0760. The van der Waals surface area contributed by atoms with Gasteiger partial charge >= 0.3 is 12.0 Å².